The molecule has 1 atom stereocenters. The molecule has 0 bridgehead atoms. The molecule has 0 saturated heterocycles. The second-order valence-corrected chi connectivity index (χ2v) is 9.65. The highest BCUT2D eigenvalue weighted by Crippen LogP contribution is 2.28. The molecule has 1 heterocycles. The molecule has 162 valence electrons. The van der Waals surface area contributed by atoms with E-state index in [9.17, 15) is 13.2 Å². The summed E-state index contributed by atoms with van der Waals surface area (Å²) >= 11 is 6.13. The summed E-state index contributed by atoms with van der Waals surface area (Å²) < 4.78 is 29.4. The summed E-state index contributed by atoms with van der Waals surface area (Å²) in [6.07, 6.45) is 4.69. The van der Waals surface area contributed by atoms with E-state index >= 15 is 0 Å². The zero-order chi connectivity index (χ0) is 22.2. The van der Waals surface area contributed by atoms with Crippen LogP contribution in [0.5, 0.6) is 0 Å². The van der Waals surface area contributed by atoms with Crippen molar-refractivity contribution in [3.05, 3.63) is 71.3 Å². The van der Waals surface area contributed by atoms with Crippen LogP contribution in [0.4, 0.5) is 0 Å². The van der Waals surface area contributed by atoms with E-state index in [1.54, 1.807) is 23.0 Å². The summed E-state index contributed by atoms with van der Waals surface area (Å²) in [7, 11) is -2.09. The molecule has 3 aromatic rings. The molecule has 1 saturated carbocycles. The molecule has 1 aromatic heterocycles. The van der Waals surface area contributed by atoms with Gasteiger partial charge in [-0.3, -0.25) is 4.79 Å². The monoisotopic (exact) mass is 459 g/mol. The van der Waals surface area contributed by atoms with E-state index in [2.05, 4.69) is 14.8 Å². The first-order chi connectivity index (χ1) is 14.8. The molecule has 1 aliphatic rings. The topological polar surface area (TPSA) is 97.2 Å². The summed E-state index contributed by atoms with van der Waals surface area (Å²) in [5.74, 6) is -0.299. The molecule has 2 aromatic carbocycles. The number of amides is 1. The van der Waals surface area contributed by atoms with Crippen LogP contribution in [0.1, 0.15) is 41.7 Å². The quantitative estimate of drug-likeness (QED) is 0.585. The fourth-order valence-corrected chi connectivity index (χ4v) is 5.01. The van der Waals surface area contributed by atoms with Gasteiger partial charge in [-0.2, -0.15) is 5.10 Å². The van der Waals surface area contributed by atoms with Gasteiger partial charge in [-0.15, -0.1) is 0 Å². The number of benzene rings is 2. The van der Waals surface area contributed by atoms with Gasteiger partial charge in [0.15, 0.2) is 0 Å². The van der Waals surface area contributed by atoms with E-state index in [1.165, 1.54) is 24.5 Å². The highest BCUT2D eigenvalue weighted by molar-refractivity contribution is 7.89. The van der Waals surface area contributed by atoms with Crippen LogP contribution < -0.4 is 4.72 Å². The Kier molecular flexibility index (Phi) is 5.83. The first-order valence-electron chi connectivity index (χ1n) is 9.80. The summed E-state index contributed by atoms with van der Waals surface area (Å²) in [6, 6.07) is 11.7. The van der Waals surface area contributed by atoms with Gasteiger partial charge in [0, 0.05) is 18.7 Å². The Morgan fingerprint density at radius 2 is 1.94 bits per heavy atom. The van der Waals surface area contributed by atoms with E-state index in [4.69, 9.17) is 11.6 Å². The fraction of sp³-hybridized carbons (Fsp3) is 0.286. The van der Waals surface area contributed by atoms with Gasteiger partial charge in [0.2, 0.25) is 10.0 Å². The standard InChI is InChI=1S/C21H22ClN5O3S/c1-14(15-3-8-18(9-4-15)27-13-23-12-24-27)26(2)21(28)16-5-10-19(22)20(11-16)31(29,30)25-17-6-7-17/h3-5,8-14,17,25H,6-7H2,1-2H3/t14-/m0/s1. The second kappa shape index (κ2) is 8.41. The number of nitrogens with one attached hydrogen (secondary N) is 1. The van der Waals surface area contributed by atoms with Crippen molar-refractivity contribution in [2.75, 3.05) is 7.05 Å². The number of nitrogens with zero attached hydrogens (tertiary/aromatic N) is 4. The number of carbonyl (C=O) groups excluding carboxylic acids is 1. The maximum absolute atomic E-state index is 13.1. The van der Waals surface area contributed by atoms with Crippen LogP contribution in [0.3, 0.4) is 0 Å². The van der Waals surface area contributed by atoms with Gasteiger partial charge in [0.25, 0.3) is 5.91 Å². The molecule has 1 N–H and O–H groups in total. The van der Waals surface area contributed by atoms with Gasteiger partial charge < -0.3 is 4.90 Å². The average molecular weight is 460 g/mol. The van der Waals surface area contributed by atoms with Crippen molar-refractivity contribution in [3.8, 4) is 5.69 Å². The third kappa shape index (κ3) is 4.63. The minimum Gasteiger partial charge on any atom is -0.335 e. The molecule has 1 aliphatic carbocycles. The van der Waals surface area contributed by atoms with E-state index in [0.29, 0.717) is 0 Å². The number of sulfonamides is 1. The molecular weight excluding hydrogens is 438 g/mol. The molecule has 0 radical (unpaired) electrons. The van der Waals surface area contributed by atoms with Crippen LogP contribution in [-0.4, -0.2) is 47.1 Å². The Labute approximate surface area is 185 Å². The predicted octanol–water partition coefficient (Wildman–Crippen LogP) is 3.19. The smallest absolute Gasteiger partial charge is 0.254 e. The SMILES string of the molecule is C[C@@H](c1ccc(-n2cncn2)cc1)N(C)C(=O)c1ccc(Cl)c(S(=O)(=O)NC2CC2)c1. The Balaban J connectivity index is 1.54. The Hall–Kier alpha value is -2.75. The van der Waals surface area contributed by atoms with Crippen molar-refractivity contribution in [2.45, 2.75) is 36.7 Å². The van der Waals surface area contributed by atoms with Crippen LogP contribution in [-0.2, 0) is 10.0 Å². The van der Waals surface area contributed by atoms with Crippen molar-refractivity contribution < 1.29 is 13.2 Å². The molecule has 8 nitrogen and oxygen atoms in total. The lowest BCUT2D eigenvalue weighted by molar-refractivity contribution is 0.0742. The lowest BCUT2D eigenvalue weighted by Crippen LogP contribution is -2.30. The van der Waals surface area contributed by atoms with Crippen LogP contribution in [0.15, 0.2) is 60.0 Å². The third-order valence-electron chi connectivity index (χ3n) is 5.33. The summed E-state index contributed by atoms with van der Waals surface area (Å²) in [5, 5.41) is 4.18. The molecule has 1 amide bonds. The van der Waals surface area contributed by atoms with Gasteiger partial charge in [0.05, 0.1) is 16.8 Å². The van der Waals surface area contributed by atoms with Gasteiger partial charge in [-0.05, 0) is 55.7 Å². The Bertz CT molecular complexity index is 1190. The second-order valence-electron chi connectivity index (χ2n) is 7.56. The van der Waals surface area contributed by atoms with Crippen molar-refractivity contribution in [2.24, 2.45) is 0 Å². The number of carbonyl (C=O) groups is 1. The number of rotatable bonds is 7. The van der Waals surface area contributed by atoms with E-state index in [-0.39, 0.29) is 33.5 Å². The largest absolute Gasteiger partial charge is 0.335 e. The predicted molar refractivity (Wildman–Crippen MR) is 117 cm³/mol. The van der Waals surface area contributed by atoms with Crippen molar-refractivity contribution in [1.29, 1.82) is 0 Å². The molecule has 0 aliphatic heterocycles. The Morgan fingerprint density at radius 1 is 1.23 bits per heavy atom. The van der Waals surface area contributed by atoms with Crippen molar-refractivity contribution in [3.63, 3.8) is 0 Å². The van der Waals surface area contributed by atoms with Crippen LogP contribution in [0.2, 0.25) is 5.02 Å². The number of hydrogen-bond donors (Lipinski definition) is 1. The first-order valence-corrected chi connectivity index (χ1v) is 11.7. The normalized spacial score (nSPS) is 14.9. The fourth-order valence-electron chi connectivity index (χ4n) is 3.18. The van der Waals surface area contributed by atoms with Crippen LogP contribution in [0, 0.1) is 0 Å². The zero-order valence-electron chi connectivity index (χ0n) is 17.1. The highest BCUT2D eigenvalue weighted by atomic mass is 35.5. The summed E-state index contributed by atoms with van der Waals surface area (Å²) in [6.45, 7) is 1.91. The maximum Gasteiger partial charge on any atom is 0.254 e. The van der Waals surface area contributed by atoms with Crippen molar-refractivity contribution in [1.82, 2.24) is 24.4 Å². The van der Waals surface area contributed by atoms with Gasteiger partial charge in [0.1, 0.15) is 17.6 Å². The molecule has 0 unspecified atom stereocenters. The minimum absolute atomic E-state index is 0.0522. The lowest BCUT2D eigenvalue weighted by atomic mass is 10.1. The van der Waals surface area contributed by atoms with Crippen LogP contribution in [0.25, 0.3) is 5.69 Å². The molecule has 31 heavy (non-hydrogen) atoms. The van der Waals surface area contributed by atoms with Crippen molar-refractivity contribution >= 4 is 27.5 Å². The molecule has 0 spiro atoms. The van der Waals surface area contributed by atoms with E-state index in [0.717, 1.165) is 24.1 Å². The van der Waals surface area contributed by atoms with Gasteiger partial charge in [-0.1, -0.05) is 23.7 Å². The molecular formula is C21H22ClN5O3S. The lowest BCUT2D eigenvalue weighted by Gasteiger charge is -2.26. The number of hydrogen-bond acceptors (Lipinski definition) is 5. The Morgan fingerprint density at radius 3 is 2.55 bits per heavy atom. The summed E-state index contributed by atoms with van der Waals surface area (Å²) in [5.41, 5.74) is 2.05. The van der Waals surface area contributed by atoms with Gasteiger partial charge in [-0.25, -0.2) is 22.8 Å². The average Bonchev–Trinajstić information content (AvgIpc) is 3.39. The zero-order valence-corrected chi connectivity index (χ0v) is 18.6. The highest BCUT2D eigenvalue weighted by Gasteiger charge is 2.30. The molecule has 1 fully saturated rings. The third-order valence-corrected chi connectivity index (χ3v) is 7.33. The number of aromatic nitrogens is 3. The minimum atomic E-state index is -3.77. The maximum atomic E-state index is 13.1. The van der Waals surface area contributed by atoms with Gasteiger partial charge >= 0.3 is 0 Å². The molecule has 4 rings (SSSR count). The first kappa shape index (κ1) is 21.5. The van der Waals surface area contributed by atoms with E-state index in [1.807, 2.05) is 31.2 Å². The summed E-state index contributed by atoms with van der Waals surface area (Å²) in [4.78, 5) is 18.5. The molecule has 10 heteroatoms. The van der Waals surface area contributed by atoms with Crippen LogP contribution >= 0.6 is 11.6 Å². The van der Waals surface area contributed by atoms with E-state index < -0.39 is 10.0 Å². The number of halogens is 1.